The summed E-state index contributed by atoms with van der Waals surface area (Å²) in [4.78, 5) is 13.0. The van der Waals surface area contributed by atoms with Crippen LogP contribution in [-0.4, -0.2) is 110 Å². The molecule has 11 heteroatoms. The van der Waals surface area contributed by atoms with Gasteiger partial charge in [-0.25, -0.2) is 0 Å². The SMILES string of the molecule is CCCCCCCC/C=C\CCCCC(O)C(=O)NC(COC1OC(CO)C(O)C(O)C1O)C(O)C(O)CCC/C=C/CCCCCCCCCC. The molecule has 8 N–H and O–H groups in total. The van der Waals surface area contributed by atoms with E-state index in [9.17, 15) is 40.5 Å². The molecular formula is C41H77NO10. The number of aliphatic hydroxyl groups is 7. The van der Waals surface area contributed by atoms with Gasteiger partial charge < -0.3 is 50.5 Å². The minimum absolute atomic E-state index is 0.224. The second-order valence-electron chi connectivity index (χ2n) is 14.7. The van der Waals surface area contributed by atoms with Gasteiger partial charge in [-0.15, -0.1) is 0 Å². The van der Waals surface area contributed by atoms with Gasteiger partial charge >= 0.3 is 0 Å². The molecule has 9 unspecified atom stereocenters. The minimum atomic E-state index is -1.67. The number of carbonyl (C=O) groups is 1. The first-order chi connectivity index (χ1) is 25.2. The monoisotopic (exact) mass is 744 g/mol. The molecule has 1 aliphatic heterocycles. The van der Waals surface area contributed by atoms with Gasteiger partial charge in [-0.2, -0.15) is 0 Å². The standard InChI is InChI=1S/C41H77NO10/c1-3-5-7-9-11-13-15-17-19-20-22-24-26-28-33(44)36(46)32(31-51-41-39(49)38(48)37(47)35(30-43)52-41)42-40(50)34(45)29-27-25-23-21-18-16-14-12-10-8-6-4-2/h18,20-22,32-39,41,43-49H,3-17,19,23-31H2,1-2H3,(H,42,50)/b21-18-,22-20+. The van der Waals surface area contributed by atoms with E-state index >= 15 is 0 Å². The zero-order chi connectivity index (χ0) is 38.4. The number of ether oxygens (including phenoxy) is 2. The number of carbonyl (C=O) groups excluding carboxylic acids is 1. The van der Waals surface area contributed by atoms with Crippen molar-refractivity contribution in [3.05, 3.63) is 24.3 Å². The van der Waals surface area contributed by atoms with Crippen molar-refractivity contribution in [1.82, 2.24) is 5.32 Å². The predicted octanol–water partition coefficient (Wildman–Crippen LogP) is 5.49. The Morgan fingerprint density at radius 1 is 0.654 bits per heavy atom. The van der Waals surface area contributed by atoms with Gasteiger partial charge in [0, 0.05) is 0 Å². The Morgan fingerprint density at radius 3 is 1.65 bits per heavy atom. The number of allylic oxidation sites excluding steroid dienone is 4. The van der Waals surface area contributed by atoms with Gasteiger partial charge in [0.25, 0.3) is 0 Å². The van der Waals surface area contributed by atoms with Crippen molar-refractivity contribution in [2.75, 3.05) is 13.2 Å². The van der Waals surface area contributed by atoms with Crippen molar-refractivity contribution in [1.29, 1.82) is 0 Å². The van der Waals surface area contributed by atoms with Gasteiger partial charge in [0.05, 0.1) is 25.4 Å². The molecule has 0 aliphatic carbocycles. The zero-order valence-electron chi connectivity index (χ0n) is 32.5. The van der Waals surface area contributed by atoms with Crippen molar-refractivity contribution in [2.45, 2.75) is 217 Å². The highest BCUT2D eigenvalue weighted by molar-refractivity contribution is 5.80. The third-order valence-electron chi connectivity index (χ3n) is 9.98. The Labute approximate surface area is 314 Å². The fourth-order valence-corrected chi connectivity index (χ4v) is 6.43. The quantitative estimate of drug-likeness (QED) is 0.0315. The lowest BCUT2D eigenvalue weighted by Gasteiger charge is -2.40. The van der Waals surface area contributed by atoms with Crippen LogP contribution in [0.4, 0.5) is 0 Å². The van der Waals surface area contributed by atoms with Gasteiger partial charge in [-0.05, 0) is 64.2 Å². The van der Waals surface area contributed by atoms with E-state index in [1.807, 2.05) is 0 Å². The van der Waals surface area contributed by atoms with Crippen LogP contribution in [0.25, 0.3) is 0 Å². The maximum atomic E-state index is 13.0. The average Bonchev–Trinajstić information content (AvgIpc) is 3.14. The molecule has 0 aromatic heterocycles. The smallest absolute Gasteiger partial charge is 0.249 e. The van der Waals surface area contributed by atoms with E-state index in [-0.39, 0.29) is 12.8 Å². The number of rotatable bonds is 33. The predicted molar refractivity (Wildman–Crippen MR) is 205 cm³/mol. The van der Waals surface area contributed by atoms with Crippen LogP contribution >= 0.6 is 0 Å². The van der Waals surface area contributed by atoms with Crippen molar-refractivity contribution < 1.29 is 50.0 Å². The van der Waals surface area contributed by atoms with Crippen LogP contribution in [0, 0.1) is 0 Å². The fraction of sp³-hybridized carbons (Fsp3) is 0.878. The molecule has 1 heterocycles. The van der Waals surface area contributed by atoms with Crippen LogP contribution in [0.2, 0.25) is 0 Å². The molecule has 0 aromatic rings. The number of unbranched alkanes of at least 4 members (excludes halogenated alkanes) is 17. The summed E-state index contributed by atoms with van der Waals surface area (Å²) in [6, 6.07) is -1.19. The molecule has 0 spiro atoms. The molecule has 52 heavy (non-hydrogen) atoms. The number of aliphatic hydroxyl groups excluding tert-OH is 7. The lowest BCUT2D eigenvalue weighted by molar-refractivity contribution is -0.303. The molecule has 0 bridgehead atoms. The Morgan fingerprint density at radius 2 is 1.13 bits per heavy atom. The molecule has 306 valence electrons. The molecule has 1 saturated heterocycles. The lowest BCUT2D eigenvalue weighted by Crippen LogP contribution is -2.60. The van der Waals surface area contributed by atoms with Gasteiger partial charge in [0.2, 0.25) is 5.91 Å². The van der Waals surface area contributed by atoms with E-state index in [0.29, 0.717) is 12.8 Å². The summed E-state index contributed by atoms with van der Waals surface area (Å²) < 4.78 is 11.0. The number of hydrogen-bond acceptors (Lipinski definition) is 10. The third kappa shape index (κ3) is 22.1. The highest BCUT2D eigenvalue weighted by Gasteiger charge is 2.44. The number of nitrogens with one attached hydrogen (secondary N) is 1. The Hall–Kier alpha value is -1.41. The second kappa shape index (κ2) is 31.9. The van der Waals surface area contributed by atoms with E-state index in [1.54, 1.807) is 0 Å². The summed E-state index contributed by atoms with van der Waals surface area (Å²) in [7, 11) is 0. The molecular weight excluding hydrogens is 666 g/mol. The van der Waals surface area contributed by atoms with Gasteiger partial charge in [-0.3, -0.25) is 4.79 Å². The summed E-state index contributed by atoms with van der Waals surface area (Å²) >= 11 is 0. The second-order valence-corrected chi connectivity index (χ2v) is 14.7. The first kappa shape index (κ1) is 48.6. The van der Waals surface area contributed by atoms with E-state index < -0.39 is 74.2 Å². The molecule has 1 rings (SSSR count). The first-order valence-electron chi connectivity index (χ1n) is 20.7. The Bertz CT molecular complexity index is 903. The zero-order valence-corrected chi connectivity index (χ0v) is 32.5. The first-order valence-corrected chi connectivity index (χ1v) is 20.7. The topological polar surface area (TPSA) is 189 Å². The van der Waals surface area contributed by atoms with E-state index in [2.05, 4.69) is 43.5 Å². The molecule has 9 atom stereocenters. The summed E-state index contributed by atoms with van der Waals surface area (Å²) in [5.74, 6) is -0.726. The van der Waals surface area contributed by atoms with Crippen molar-refractivity contribution in [3.8, 4) is 0 Å². The van der Waals surface area contributed by atoms with E-state index in [4.69, 9.17) is 9.47 Å². The van der Waals surface area contributed by atoms with Crippen LogP contribution in [0.5, 0.6) is 0 Å². The van der Waals surface area contributed by atoms with Crippen molar-refractivity contribution in [3.63, 3.8) is 0 Å². The minimum Gasteiger partial charge on any atom is -0.394 e. The van der Waals surface area contributed by atoms with E-state index in [0.717, 1.165) is 38.5 Å². The van der Waals surface area contributed by atoms with Crippen LogP contribution < -0.4 is 5.32 Å². The van der Waals surface area contributed by atoms with Crippen LogP contribution in [0.3, 0.4) is 0 Å². The van der Waals surface area contributed by atoms with Gasteiger partial charge in [0.1, 0.15) is 36.6 Å². The normalized spacial score (nSPS) is 23.3. The van der Waals surface area contributed by atoms with Crippen LogP contribution in [-0.2, 0) is 14.3 Å². The summed E-state index contributed by atoms with van der Waals surface area (Å²) in [6.07, 6.45) is 21.0. The molecule has 11 nitrogen and oxygen atoms in total. The van der Waals surface area contributed by atoms with Crippen molar-refractivity contribution >= 4 is 5.91 Å². The Balaban J connectivity index is 2.58. The summed E-state index contributed by atoms with van der Waals surface area (Å²) in [6.45, 7) is 3.36. The molecule has 0 radical (unpaired) electrons. The third-order valence-corrected chi connectivity index (χ3v) is 9.98. The largest absolute Gasteiger partial charge is 0.394 e. The lowest BCUT2D eigenvalue weighted by atomic mass is 9.98. The van der Waals surface area contributed by atoms with Crippen molar-refractivity contribution in [2.24, 2.45) is 0 Å². The molecule has 1 fully saturated rings. The molecule has 0 aromatic carbocycles. The van der Waals surface area contributed by atoms with Crippen LogP contribution in [0.1, 0.15) is 162 Å². The molecule has 1 aliphatic rings. The maximum Gasteiger partial charge on any atom is 0.249 e. The molecule has 0 saturated carbocycles. The average molecular weight is 744 g/mol. The Kier molecular flexibility index (Phi) is 29.8. The molecule has 1 amide bonds. The highest BCUT2D eigenvalue weighted by Crippen LogP contribution is 2.23. The fourth-order valence-electron chi connectivity index (χ4n) is 6.43. The van der Waals surface area contributed by atoms with Gasteiger partial charge in [0.15, 0.2) is 6.29 Å². The van der Waals surface area contributed by atoms with Crippen LogP contribution in [0.15, 0.2) is 24.3 Å². The summed E-state index contributed by atoms with van der Waals surface area (Å²) in [5.41, 5.74) is 0. The highest BCUT2D eigenvalue weighted by atomic mass is 16.7. The maximum absolute atomic E-state index is 13.0. The number of amides is 1. The van der Waals surface area contributed by atoms with E-state index in [1.165, 1.54) is 83.5 Å². The summed E-state index contributed by atoms with van der Waals surface area (Å²) in [5, 5.41) is 75.2. The van der Waals surface area contributed by atoms with Gasteiger partial charge in [-0.1, -0.05) is 122 Å². The number of hydrogen-bond donors (Lipinski definition) is 8.